The van der Waals surface area contributed by atoms with Crippen molar-refractivity contribution in [2.24, 2.45) is 5.92 Å². The molecule has 1 N–H and O–H groups in total. The number of nitrogens with zero attached hydrogens (tertiary/aromatic N) is 3. The SMILES string of the molecule is O=C(Nc1ccnn1Cc1cccc(Cl)c1Cl)C1CCN(S(=O)(=O)c2ccccc2)CC1. The number of hydrogen-bond donors (Lipinski definition) is 1. The molecule has 0 radical (unpaired) electrons. The summed E-state index contributed by atoms with van der Waals surface area (Å²) in [5.41, 5.74) is 0.790. The van der Waals surface area contributed by atoms with Crippen LogP contribution in [0.15, 0.2) is 65.7 Å². The molecule has 2 aromatic carbocycles. The number of hydrogen-bond acceptors (Lipinski definition) is 4. The van der Waals surface area contributed by atoms with E-state index in [1.165, 1.54) is 4.31 Å². The molecule has 32 heavy (non-hydrogen) atoms. The summed E-state index contributed by atoms with van der Waals surface area (Å²) in [7, 11) is -3.55. The molecule has 1 saturated heterocycles. The molecule has 2 heterocycles. The van der Waals surface area contributed by atoms with Crippen LogP contribution in [0.3, 0.4) is 0 Å². The Hall–Kier alpha value is -2.39. The Balaban J connectivity index is 1.38. The highest BCUT2D eigenvalue weighted by molar-refractivity contribution is 7.89. The van der Waals surface area contributed by atoms with Crippen molar-refractivity contribution in [3.63, 3.8) is 0 Å². The Labute approximate surface area is 197 Å². The maximum absolute atomic E-state index is 12.9. The van der Waals surface area contributed by atoms with Gasteiger partial charge in [-0.25, -0.2) is 13.1 Å². The van der Waals surface area contributed by atoms with E-state index in [2.05, 4.69) is 10.4 Å². The number of halogens is 2. The third-order valence-corrected chi connectivity index (χ3v) is 8.30. The Morgan fingerprint density at radius 2 is 1.75 bits per heavy atom. The molecule has 1 aromatic heterocycles. The standard InChI is InChI=1S/C22H22Cl2N4O3S/c23-19-8-4-5-17(21(19)24)15-28-20(9-12-25-28)26-22(29)16-10-13-27(14-11-16)32(30,31)18-6-2-1-3-7-18/h1-9,12,16H,10-11,13-15H2,(H,26,29). The molecule has 0 unspecified atom stereocenters. The van der Waals surface area contributed by atoms with Gasteiger partial charge in [0, 0.05) is 25.1 Å². The number of sulfonamides is 1. The van der Waals surface area contributed by atoms with Crippen LogP contribution in [0.25, 0.3) is 0 Å². The second kappa shape index (κ2) is 9.62. The Bertz CT molecular complexity index is 1210. The molecule has 0 spiro atoms. The summed E-state index contributed by atoms with van der Waals surface area (Å²) in [5.74, 6) is 0.112. The molecule has 10 heteroatoms. The molecule has 3 aromatic rings. The van der Waals surface area contributed by atoms with Gasteiger partial charge in [-0.3, -0.25) is 4.79 Å². The van der Waals surface area contributed by atoms with Crippen LogP contribution in [0.1, 0.15) is 18.4 Å². The monoisotopic (exact) mass is 492 g/mol. The van der Waals surface area contributed by atoms with Crippen molar-refractivity contribution in [1.82, 2.24) is 14.1 Å². The second-order valence-corrected chi connectivity index (χ2v) is 10.3. The molecule has 1 fully saturated rings. The lowest BCUT2D eigenvalue weighted by Crippen LogP contribution is -2.41. The third kappa shape index (κ3) is 4.83. The first-order valence-electron chi connectivity index (χ1n) is 10.2. The molecule has 1 aliphatic rings. The summed E-state index contributed by atoms with van der Waals surface area (Å²) in [6.07, 6.45) is 2.50. The zero-order valence-electron chi connectivity index (χ0n) is 17.1. The largest absolute Gasteiger partial charge is 0.311 e. The van der Waals surface area contributed by atoms with E-state index in [1.807, 2.05) is 12.1 Å². The Kier molecular flexibility index (Phi) is 6.85. The van der Waals surface area contributed by atoms with Gasteiger partial charge in [0.2, 0.25) is 15.9 Å². The molecule has 0 aliphatic carbocycles. The number of amides is 1. The highest BCUT2D eigenvalue weighted by Crippen LogP contribution is 2.28. The fourth-order valence-electron chi connectivity index (χ4n) is 3.72. The van der Waals surface area contributed by atoms with E-state index in [0.29, 0.717) is 48.3 Å². The van der Waals surface area contributed by atoms with Gasteiger partial charge in [-0.05, 0) is 36.6 Å². The van der Waals surface area contributed by atoms with E-state index in [9.17, 15) is 13.2 Å². The van der Waals surface area contributed by atoms with Gasteiger partial charge in [0.05, 0.1) is 27.7 Å². The van der Waals surface area contributed by atoms with E-state index in [0.717, 1.165) is 5.56 Å². The number of rotatable bonds is 6. The highest BCUT2D eigenvalue weighted by Gasteiger charge is 2.32. The fraction of sp³-hybridized carbons (Fsp3) is 0.273. The van der Waals surface area contributed by atoms with Gasteiger partial charge in [0.15, 0.2) is 0 Å². The number of carbonyl (C=O) groups is 1. The average molecular weight is 493 g/mol. The summed E-state index contributed by atoms with van der Waals surface area (Å²) in [6.45, 7) is 0.954. The van der Waals surface area contributed by atoms with E-state index < -0.39 is 10.0 Å². The smallest absolute Gasteiger partial charge is 0.243 e. The van der Waals surface area contributed by atoms with Crippen molar-refractivity contribution >= 4 is 45.0 Å². The van der Waals surface area contributed by atoms with Gasteiger partial charge in [0.1, 0.15) is 5.82 Å². The molecule has 4 rings (SSSR count). The molecular formula is C22H22Cl2N4O3S. The normalized spacial score (nSPS) is 15.6. The zero-order chi connectivity index (χ0) is 22.7. The van der Waals surface area contributed by atoms with Crippen LogP contribution >= 0.6 is 23.2 Å². The third-order valence-electron chi connectivity index (χ3n) is 5.53. The molecule has 1 amide bonds. The maximum Gasteiger partial charge on any atom is 0.243 e. The van der Waals surface area contributed by atoms with Crippen LogP contribution in [0, 0.1) is 5.92 Å². The summed E-state index contributed by atoms with van der Waals surface area (Å²) < 4.78 is 28.7. The van der Waals surface area contributed by atoms with Gasteiger partial charge >= 0.3 is 0 Å². The maximum atomic E-state index is 12.9. The molecule has 7 nitrogen and oxygen atoms in total. The fourth-order valence-corrected chi connectivity index (χ4v) is 5.60. The van der Waals surface area contributed by atoms with Crippen molar-refractivity contribution in [2.45, 2.75) is 24.3 Å². The number of piperidine rings is 1. The first kappa shape index (κ1) is 22.8. The molecule has 0 atom stereocenters. The van der Waals surface area contributed by atoms with Crippen LogP contribution < -0.4 is 5.32 Å². The predicted octanol–water partition coefficient (Wildman–Crippen LogP) is 4.28. The topological polar surface area (TPSA) is 84.3 Å². The minimum Gasteiger partial charge on any atom is -0.311 e. The molecule has 0 bridgehead atoms. The number of nitrogens with one attached hydrogen (secondary N) is 1. The summed E-state index contributed by atoms with van der Waals surface area (Å²) in [4.78, 5) is 13.1. The van der Waals surface area contributed by atoms with Gasteiger partial charge in [-0.15, -0.1) is 0 Å². The van der Waals surface area contributed by atoms with E-state index >= 15 is 0 Å². The van der Waals surface area contributed by atoms with Crippen molar-refractivity contribution in [1.29, 1.82) is 0 Å². The summed E-state index contributed by atoms with van der Waals surface area (Å²) >= 11 is 12.4. The number of anilines is 1. The second-order valence-electron chi connectivity index (χ2n) is 7.57. The van der Waals surface area contributed by atoms with Crippen LogP contribution in [0.4, 0.5) is 5.82 Å². The van der Waals surface area contributed by atoms with Crippen molar-refractivity contribution in [3.05, 3.63) is 76.4 Å². The first-order chi connectivity index (χ1) is 15.4. The van der Waals surface area contributed by atoms with E-state index in [4.69, 9.17) is 23.2 Å². The lowest BCUT2D eigenvalue weighted by molar-refractivity contribution is -0.121. The lowest BCUT2D eigenvalue weighted by Gasteiger charge is -2.30. The van der Waals surface area contributed by atoms with Gasteiger partial charge in [-0.2, -0.15) is 9.40 Å². The highest BCUT2D eigenvalue weighted by atomic mass is 35.5. The van der Waals surface area contributed by atoms with Gasteiger partial charge in [0.25, 0.3) is 0 Å². The number of aromatic nitrogens is 2. The average Bonchev–Trinajstić information content (AvgIpc) is 3.24. The molecule has 168 valence electrons. The Morgan fingerprint density at radius 1 is 1.03 bits per heavy atom. The predicted molar refractivity (Wildman–Crippen MR) is 124 cm³/mol. The lowest BCUT2D eigenvalue weighted by atomic mass is 9.97. The zero-order valence-corrected chi connectivity index (χ0v) is 19.4. The van der Waals surface area contributed by atoms with Crippen LogP contribution in [-0.4, -0.2) is 41.5 Å². The van der Waals surface area contributed by atoms with Crippen molar-refractivity contribution in [2.75, 3.05) is 18.4 Å². The molecule has 1 aliphatic heterocycles. The summed E-state index contributed by atoms with van der Waals surface area (Å²) in [5, 5.41) is 8.10. The van der Waals surface area contributed by atoms with Crippen molar-refractivity contribution < 1.29 is 13.2 Å². The van der Waals surface area contributed by atoms with E-state index in [1.54, 1.807) is 53.3 Å². The van der Waals surface area contributed by atoms with E-state index in [-0.39, 0.29) is 16.7 Å². The van der Waals surface area contributed by atoms with Crippen LogP contribution in [0.2, 0.25) is 10.0 Å². The minimum atomic E-state index is -3.55. The number of carbonyl (C=O) groups excluding carboxylic acids is 1. The van der Waals surface area contributed by atoms with Crippen LogP contribution in [0.5, 0.6) is 0 Å². The van der Waals surface area contributed by atoms with Gasteiger partial charge < -0.3 is 5.32 Å². The minimum absolute atomic E-state index is 0.152. The van der Waals surface area contributed by atoms with Gasteiger partial charge in [-0.1, -0.05) is 53.5 Å². The molecular weight excluding hydrogens is 471 g/mol. The summed E-state index contributed by atoms with van der Waals surface area (Å²) in [6, 6.07) is 15.4. The molecule has 0 saturated carbocycles. The number of benzene rings is 2. The Morgan fingerprint density at radius 3 is 2.47 bits per heavy atom. The van der Waals surface area contributed by atoms with Crippen molar-refractivity contribution in [3.8, 4) is 0 Å². The van der Waals surface area contributed by atoms with Crippen LogP contribution in [-0.2, 0) is 21.4 Å². The quantitative estimate of drug-likeness (QED) is 0.556. The first-order valence-corrected chi connectivity index (χ1v) is 12.4.